The summed E-state index contributed by atoms with van der Waals surface area (Å²) < 4.78 is 0. The fraction of sp³-hybridized carbons (Fsp3) is 0.577. The van der Waals surface area contributed by atoms with Crippen LogP contribution in [-0.4, -0.2) is 17.0 Å². The normalized spacial score (nSPS) is 43.9. The largest absolute Gasteiger partial charge is 0.393 e. The Morgan fingerprint density at radius 2 is 1.75 bits per heavy atom. The van der Waals surface area contributed by atoms with Crippen molar-refractivity contribution in [2.24, 2.45) is 28.6 Å². The van der Waals surface area contributed by atoms with Gasteiger partial charge in [0.25, 0.3) is 0 Å². The third-order valence-corrected chi connectivity index (χ3v) is 8.86. The average molecular weight is 377 g/mol. The molecule has 3 fully saturated rings. The lowest BCUT2D eigenvalue weighted by Crippen LogP contribution is -2.50. The summed E-state index contributed by atoms with van der Waals surface area (Å²) in [6.45, 7) is 4.69. The Kier molecular flexibility index (Phi) is 4.21. The van der Waals surface area contributed by atoms with Gasteiger partial charge >= 0.3 is 0 Å². The molecule has 0 spiro atoms. The lowest BCUT2D eigenvalue weighted by Gasteiger charge is -2.56. The van der Waals surface area contributed by atoms with E-state index in [1.165, 1.54) is 5.57 Å². The summed E-state index contributed by atoms with van der Waals surface area (Å²) in [6, 6.07) is 10.3. The molecule has 0 bridgehead atoms. The summed E-state index contributed by atoms with van der Waals surface area (Å²) in [5, 5.41) is 10.2. The third kappa shape index (κ3) is 2.60. The average Bonchev–Trinajstić information content (AvgIpc) is 2.94. The Bertz CT molecular complexity index is 850. The van der Waals surface area contributed by atoms with Crippen LogP contribution in [0.2, 0.25) is 0 Å². The van der Waals surface area contributed by atoms with Crippen LogP contribution in [0, 0.1) is 28.6 Å². The molecule has 4 aliphatic carbocycles. The predicted octanol–water partition coefficient (Wildman–Crippen LogP) is 5.57. The molecule has 1 N–H and O–H groups in total. The summed E-state index contributed by atoms with van der Waals surface area (Å²) in [7, 11) is 0. The fourth-order valence-corrected chi connectivity index (χ4v) is 7.19. The summed E-state index contributed by atoms with van der Waals surface area (Å²) >= 11 is 0. The van der Waals surface area contributed by atoms with Crippen molar-refractivity contribution in [2.75, 3.05) is 0 Å². The van der Waals surface area contributed by atoms with Gasteiger partial charge in [0, 0.05) is 5.41 Å². The Morgan fingerprint density at radius 1 is 1.00 bits per heavy atom. The van der Waals surface area contributed by atoms with Gasteiger partial charge in [-0.05, 0) is 85.3 Å². The molecular formula is C26H32O2. The number of aliphatic hydroxyl groups is 1. The van der Waals surface area contributed by atoms with E-state index in [-0.39, 0.29) is 16.9 Å². The molecule has 3 saturated carbocycles. The van der Waals surface area contributed by atoms with Crippen molar-refractivity contribution >= 4 is 11.9 Å². The van der Waals surface area contributed by atoms with Crippen molar-refractivity contribution in [3.8, 4) is 0 Å². The maximum atomic E-state index is 13.4. The minimum absolute atomic E-state index is 0.154. The second-order valence-corrected chi connectivity index (χ2v) is 10.2. The monoisotopic (exact) mass is 376 g/mol. The number of rotatable bonds is 1. The number of ketones is 1. The second-order valence-electron chi connectivity index (χ2n) is 10.2. The molecule has 2 nitrogen and oxygen atoms in total. The van der Waals surface area contributed by atoms with Crippen LogP contribution in [-0.2, 0) is 4.79 Å². The van der Waals surface area contributed by atoms with Gasteiger partial charge in [0.05, 0.1) is 6.10 Å². The first-order valence-electron chi connectivity index (χ1n) is 11.1. The molecule has 6 unspecified atom stereocenters. The van der Waals surface area contributed by atoms with Crippen molar-refractivity contribution in [3.05, 3.63) is 53.1 Å². The van der Waals surface area contributed by atoms with E-state index in [1.54, 1.807) is 0 Å². The molecular weight excluding hydrogens is 344 g/mol. The van der Waals surface area contributed by atoms with Crippen molar-refractivity contribution in [2.45, 2.75) is 64.9 Å². The molecule has 0 aliphatic heterocycles. The van der Waals surface area contributed by atoms with Crippen LogP contribution in [0.15, 0.2) is 47.6 Å². The van der Waals surface area contributed by atoms with Gasteiger partial charge in [0.1, 0.15) is 0 Å². The van der Waals surface area contributed by atoms with Crippen molar-refractivity contribution < 1.29 is 9.90 Å². The van der Waals surface area contributed by atoms with E-state index in [2.05, 4.69) is 38.1 Å². The van der Waals surface area contributed by atoms with Crippen LogP contribution >= 0.6 is 0 Å². The highest BCUT2D eigenvalue weighted by Crippen LogP contribution is 2.64. The highest BCUT2D eigenvalue weighted by Gasteiger charge is 2.59. The van der Waals surface area contributed by atoms with Crippen LogP contribution < -0.4 is 0 Å². The van der Waals surface area contributed by atoms with Crippen LogP contribution in [0.5, 0.6) is 0 Å². The standard InChI is InChI=1S/C26H32O2/c1-25-12-10-20(27)16-19(25)8-9-21-22(25)11-13-26(2)23(21)15-18(24(26)28)14-17-6-4-3-5-7-17/h3-8,14,20-23,27H,9-13,15-16H2,1-2H3/b18-14+. The zero-order valence-corrected chi connectivity index (χ0v) is 17.2. The Balaban J connectivity index is 1.48. The van der Waals surface area contributed by atoms with Crippen LogP contribution in [0.1, 0.15) is 64.4 Å². The van der Waals surface area contributed by atoms with Gasteiger partial charge in [-0.2, -0.15) is 0 Å². The molecule has 0 amide bonds. The SMILES string of the molecule is CC12CCC3C(CC=C4CC(O)CCC43C)C1C/C(=C\c1ccccc1)C2=O. The number of carbonyl (C=O) groups excluding carboxylic acids is 1. The van der Waals surface area contributed by atoms with E-state index < -0.39 is 0 Å². The van der Waals surface area contributed by atoms with Crippen LogP contribution in [0.25, 0.3) is 6.08 Å². The number of hydrogen-bond donors (Lipinski definition) is 1. The van der Waals surface area contributed by atoms with E-state index in [4.69, 9.17) is 0 Å². The van der Waals surface area contributed by atoms with E-state index in [1.807, 2.05) is 18.2 Å². The topological polar surface area (TPSA) is 37.3 Å². The number of carbonyl (C=O) groups is 1. The molecule has 1 aromatic rings. The Hall–Kier alpha value is -1.67. The summed E-state index contributed by atoms with van der Waals surface area (Å²) in [5.74, 6) is 2.14. The zero-order chi connectivity index (χ0) is 19.5. The van der Waals surface area contributed by atoms with Crippen LogP contribution in [0.3, 0.4) is 0 Å². The summed E-state index contributed by atoms with van der Waals surface area (Å²) in [6.07, 6.45) is 11.5. The fourth-order valence-electron chi connectivity index (χ4n) is 7.19. The molecule has 28 heavy (non-hydrogen) atoms. The van der Waals surface area contributed by atoms with Gasteiger partial charge in [-0.1, -0.05) is 55.8 Å². The van der Waals surface area contributed by atoms with E-state index in [0.717, 1.165) is 56.1 Å². The number of aliphatic hydroxyl groups excluding tert-OH is 1. The quantitative estimate of drug-likeness (QED) is 0.514. The first kappa shape index (κ1) is 18.4. The number of fused-ring (bicyclic) bond motifs is 5. The summed E-state index contributed by atoms with van der Waals surface area (Å²) in [5.41, 5.74) is 3.73. The van der Waals surface area contributed by atoms with Crippen molar-refractivity contribution in [1.82, 2.24) is 0 Å². The molecule has 148 valence electrons. The molecule has 4 aliphatic rings. The second kappa shape index (κ2) is 6.42. The number of Topliss-reactive ketones (excluding diaryl/α,β-unsaturated/α-hetero) is 1. The summed E-state index contributed by atoms with van der Waals surface area (Å²) in [4.78, 5) is 13.4. The first-order valence-corrected chi connectivity index (χ1v) is 11.1. The lowest BCUT2D eigenvalue weighted by atomic mass is 9.48. The molecule has 1 aromatic carbocycles. The predicted molar refractivity (Wildman–Crippen MR) is 113 cm³/mol. The first-order chi connectivity index (χ1) is 13.4. The molecule has 0 radical (unpaired) electrons. The molecule has 0 saturated heterocycles. The van der Waals surface area contributed by atoms with Crippen molar-refractivity contribution in [3.63, 3.8) is 0 Å². The van der Waals surface area contributed by atoms with Gasteiger partial charge in [0.15, 0.2) is 5.78 Å². The zero-order valence-electron chi connectivity index (χ0n) is 17.2. The molecule has 0 aromatic heterocycles. The van der Waals surface area contributed by atoms with Gasteiger partial charge in [-0.25, -0.2) is 0 Å². The highest BCUT2D eigenvalue weighted by atomic mass is 16.3. The molecule has 5 rings (SSSR count). The molecule has 2 heteroatoms. The number of allylic oxidation sites excluding steroid dienone is 2. The Morgan fingerprint density at radius 3 is 2.54 bits per heavy atom. The highest BCUT2D eigenvalue weighted by molar-refractivity contribution is 6.05. The molecule has 0 heterocycles. The van der Waals surface area contributed by atoms with Gasteiger partial charge < -0.3 is 5.11 Å². The smallest absolute Gasteiger partial charge is 0.165 e. The Labute approximate surface area is 168 Å². The van der Waals surface area contributed by atoms with Gasteiger partial charge in [-0.3, -0.25) is 4.79 Å². The lowest BCUT2D eigenvalue weighted by molar-refractivity contribution is -0.130. The van der Waals surface area contributed by atoms with Gasteiger partial charge in [0.2, 0.25) is 0 Å². The molecule has 6 atom stereocenters. The maximum absolute atomic E-state index is 13.4. The van der Waals surface area contributed by atoms with Crippen molar-refractivity contribution in [1.29, 1.82) is 0 Å². The minimum atomic E-state index is -0.183. The number of benzene rings is 1. The van der Waals surface area contributed by atoms with E-state index >= 15 is 0 Å². The van der Waals surface area contributed by atoms with E-state index in [9.17, 15) is 9.90 Å². The minimum Gasteiger partial charge on any atom is -0.393 e. The van der Waals surface area contributed by atoms with Crippen LogP contribution in [0.4, 0.5) is 0 Å². The maximum Gasteiger partial charge on any atom is 0.165 e. The third-order valence-electron chi connectivity index (χ3n) is 8.86. The van der Waals surface area contributed by atoms with Gasteiger partial charge in [-0.15, -0.1) is 0 Å². The number of hydrogen-bond acceptors (Lipinski definition) is 2. The van der Waals surface area contributed by atoms with E-state index in [0.29, 0.717) is 23.5 Å².